The van der Waals surface area contributed by atoms with E-state index in [1.54, 1.807) is 24.3 Å². The second-order valence-electron chi connectivity index (χ2n) is 7.33. The SMILES string of the molecule is CN1CCC(N(C)c2ccc(NC(=S)Nc3ccc(C(N)=O)cc3)cc2Cl)CC1. The van der Waals surface area contributed by atoms with Gasteiger partial charge >= 0.3 is 0 Å². The second kappa shape index (κ2) is 9.43. The van der Waals surface area contributed by atoms with Crippen LogP contribution in [0.15, 0.2) is 42.5 Å². The number of thiocarbonyl (C=S) groups is 1. The third kappa shape index (κ3) is 5.59. The van der Waals surface area contributed by atoms with E-state index in [0.717, 1.165) is 43.0 Å². The molecule has 2 aromatic rings. The van der Waals surface area contributed by atoms with Gasteiger partial charge in [-0.05, 0) is 87.7 Å². The van der Waals surface area contributed by atoms with Crippen molar-refractivity contribution < 1.29 is 4.79 Å². The number of carbonyl (C=O) groups is 1. The van der Waals surface area contributed by atoms with Crippen LogP contribution < -0.4 is 21.3 Å². The molecule has 1 fully saturated rings. The van der Waals surface area contributed by atoms with Gasteiger partial charge in [-0.15, -0.1) is 0 Å². The van der Waals surface area contributed by atoms with E-state index < -0.39 is 5.91 Å². The number of carbonyl (C=O) groups excluding carboxylic acids is 1. The van der Waals surface area contributed by atoms with Crippen molar-refractivity contribution in [2.75, 3.05) is 42.7 Å². The number of likely N-dealkylation sites (tertiary alicyclic amines) is 1. The first-order valence-electron chi connectivity index (χ1n) is 9.52. The summed E-state index contributed by atoms with van der Waals surface area (Å²) in [5.41, 5.74) is 8.29. The first-order valence-corrected chi connectivity index (χ1v) is 10.3. The number of benzene rings is 2. The topological polar surface area (TPSA) is 73.6 Å². The van der Waals surface area contributed by atoms with Crippen LogP contribution in [0.1, 0.15) is 23.2 Å². The van der Waals surface area contributed by atoms with Crippen LogP contribution in [-0.4, -0.2) is 49.1 Å². The third-order valence-corrected chi connectivity index (χ3v) is 5.76. The molecule has 1 heterocycles. The summed E-state index contributed by atoms with van der Waals surface area (Å²) in [7, 11) is 4.26. The summed E-state index contributed by atoms with van der Waals surface area (Å²) in [6.45, 7) is 2.21. The number of rotatable bonds is 5. The van der Waals surface area contributed by atoms with Crippen LogP contribution in [0.4, 0.5) is 17.1 Å². The zero-order valence-corrected chi connectivity index (χ0v) is 18.2. The zero-order chi connectivity index (χ0) is 21.0. The molecule has 4 N–H and O–H groups in total. The molecule has 1 aliphatic heterocycles. The Labute approximate surface area is 182 Å². The van der Waals surface area contributed by atoms with Gasteiger partial charge in [-0.2, -0.15) is 0 Å². The van der Waals surface area contributed by atoms with Crippen molar-refractivity contribution in [3.05, 3.63) is 53.1 Å². The molecule has 1 amide bonds. The van der Waals surface area contributed by atoms with Gasteiger partial charge in [0.15, 0.2) is 5.11 Å². The average Bonchev–Trinajstić information content (AvgIpc) is 2.68. The summed E-state index contributed by atoms with van der Waals surface area (Å²) in [6, 6.07) is 13.2. The highest BCUT2D eigenvalue weighted by Crippen LogP contribution is 2.31. The fourth-order valence-corrected chi connectivity index (χ4v) is 4.01. The minimum atomic E-state index is -0.461. The quantitative estimate of drug-likeness (QED) is 0.625. The zero-order valence-electron chi connectivity index (χ0n) is 16.6. The van der Waals surface area contributed by atoms with Gasteiger partial charge in [0.05, 0.1) is 10.7 Å². The van der Waals surface area contributed by atoms with Crippen LogP contribution in [0.25, 0.3) is 0 Å². The van der Waals surface area contributed by atoms with Crippen LogP contribution in [0.3, 0.4) is 0 Å². The van der Waals surface area contributed by atoms with Crippen molar-refractivity contribution in [3.8, 4) is 0 Å². The molecule has 8 heteroatoms. The van der Waals surface area contributed by atoms with E-state index in [0.29, 0.717) is 21.7 Å². The first kappa shape index (κ1) is 21.4. The van der Waals surface area contributed by atoms with E-state index in [4.69, 9.17) is 29.6 Å². The van der Waals surface area contributed by atoms with Gasteiger partial charge in [-0.3, -0.25) is 4.79 Å². The van der Waals surface area contributed by atoms with Gasteiger partial charge in [0, 0.05) is 30.0 Å². The van der Waals surface area contributed by atoms with Gasteiger partial charge < -0.3 is 26.2 Å². The number of nitrogens with one attached hydrogen (secondary N) is 2. The van der Waals surface area contributed by atoms with Gasteiger partial charge in [0.25, 0.3) is 0 Å². The van der Waals surface area contributed by atoms with E-state index >= 15 is 0 Å². The molecule has 154 valence electrons. The molecule has 1 aliphatic rings. The predicted molar refractivity (Wildman–Crippen MR) is 125 cm³/mol. The maximum Gasteiger partial charge on any atom is 0.248 e. The highest BCUT2D eigenvalue weighted by molar-refractivity contribution is 7.80. The van der Waals surface area contributed by atoms with Crippen molar-refractivity contribution in [3.63, 3.8) is 0 Å². The van der Waals surface area contributed by atoms with Crippen molar-refractivity contribution in [1.82, 2.24) is 4.90 Å². The number of anilines is 3. The molecule has 0 bridgehead atoms. The number of amides is 1. The first-order chi connectivity index (χ1) is 13.8. The van der Waals surface area contributed by atoms with Crippen LogP contribution in [0, 0.1) is 0 Å². The number of piperidine rings is 1. The van der Waals surface area contributed by atoms with E-state index in [1.807, 2.05) is 18.2 Å². The van der Waals surface area contributed by atoms with E-state index in [9.17, 15) is 4.79 Å². The molecule has 0 atom stereocenters. The Kier molecular flexibility index (Phi) is 6.95. The van der Waals surface area contributed by atoms with E-state index in [2.05, 4.69) is 34.5 Å². The Balaban J connectivity index is 1.60. The lowest BCUT2D eigenvalue weighted by molar-refractivity contribution is 0.100. The van der Waals surface area contributed by atoms with Gasteiger partial charge in [0.1, 0.15) is 0 Å². The lowest BCUT2D eigenvalue weighted by Crippen LogP contribution is -2.42. The Hall–Kier alpha value is -2.35. The van der Waals surface area contributed by atoms with Gasteiger partial charge in [-0.1, -0.05) is 11.6 Å². The molecule has 6 nitrogen and oxygen atoms in total. The summed E-state index contributed by atoms with van der Waals surface area (Å²) in [4.78, 5) is 15.8. The Morgan fingerprint density at radius 2 is 1.72 bits per heavy atom. The minimum absolute atomic E-state index is 0.435. The molecular weight excluding hydrogens is 406 g/mol. The number of halogens is 1. The van der Waals surface area contributed by atoms with Crippen molar-refractivity contribution in [2.45, 2.75) is 18.9 Å². The molecule has 0 radical (unpaired) electrons. The molecule has 0 aromatic heterocycles. The van der Waals surface area contributed by atoms with Gasteiger partial charge in [-0.25, -0.2) is 0 Å². The monoisotopic (exact) mass is 431 g/mol. The molecule has 0 aliphatic carbocycles. The third-order valence-electron chi connectivity index (χ3n) is 5.25. The Bertz CT molecular complexity index is 881. The van der Waals surface area contributed by atoms with Crippen molar-refractivity contribution >= 4 is 51.9 Å². The molecular formula is C21H26ClN5OS. The van der Waals surface area contributed by atoms with Crippen LogP contribution >= 0.6 is 23.8 Å². The summed E-state index contributed by atoms with van der Waals surface area (Å²) in [6.07, 6.45) is 2.26. The highest BCUT2D eigenvalue weighted by Gasteiger charge is 2.22. The molecule has 1 saturated heterocycles. The maximum atomic E-state index is 11.1. The largest absolute Gasteiger partial charge is 0.370 e. The number of hydrogen-bond donors (Lipinski definition) is 3. The molecule has 0 saturated carbocycles. The number of nitrogens with two attached hydrogens (primary N) is 1. The lowest BCUT2D eigenvalue weighted by Gasteiger charge is -2.36. The summed E-state index contributed by atoms with van der Waals surface area (Å²) >= 11 is 11.9. The summed E-state index contributed by atoms with van der Waals surface area (Å²) in [5, 5.41) is 7.34. The second-order valence-corrected chi connectivity index (χ2v) is 8.15. The van der Waals surface area contributed by atoms with Crippen LogP contribution in [0.2, 0.25) is 5.02 Å². The summed E-state index contributed by atoms with van der Waals surface area (Å²) in [5.74, 6) is -0.461. The number of hydrogen-bond acceptors (Lipinski definition) is 4. The standard InChI is InChI=1S/C21H26ClN5OS/c1-26-11-9-17(10-12-26)27(2)19-8-7-16(13-18(19)22)25-21(29)24-15-5-3-14(4-6-15)20(23)28/h3-8,13,17H,9-12H2,1-2H3,(H2,23,28)(H2,24,25,29). The number of primary amides is 1. The van der Waals surface area contributed by atoms with E-state index in [-0.39, 0.29) is 0 Å². The highest BCUT2D eigenvalue weighted by atomic mass is 35.5. The Morgan fingerprint density at radius 1 is 1.14 bits per heavy atom. The van der Waals surface area contributed by atoms with E-state index in [1.165, 1.54) is 0 Å². The molecule has 0 spiro atoms. The Morgan fingerprint density at radius 3 is 2.31 bits per heavy atom. The van der Waals surface area contributed by atoms with Crippen LogP contribution in [-0.2, 0) is 0 Å². The fourth-order valence-electron chi connectivity index (χ4n) is 3.46. The average molecular weight is 432 g/mol. The smallest absolute Gasteiger partial charge is 0.248 e. The van der Waals surface area contributed by atoms with Gasteiger partial charge in [0.2, 0.25) is 5.91 Å². The van der Waals surface area contributed by atoms with Crippen LogP contribution in [0.5, 0.6) is 0 Å². The normalized spacial score (nSPS) is 15.0. The summed E-state index contributed by atoms with van der Waals surface area (Å²) < 4.78 is 0. The lowest BCUT2D eigenvalue weighted by atomic mass is 10.0. The molecule has 29 heavy (non-hydrogen) atoms. The predicted octanol–water partition coefficient (Wildman–Crippen LogP) is 3.78. The maximum absolute atomic E-state index is 11.1. The van der Waals surface area contributed by atoms with Crippen molar-refractivity contribution in [1.29, 1.82) is 0 Å². The number of nitrogens with zero attached hydrogens (tertiary/aromatic N) is 2. The molecule has 2 aromatic carbocycles. The fraction of sp³-hybridized carbons (Fsp3) is 0.333. The molecule has 0 unspecified atom stereocenters. The van der Waals surface area contributed by atoms with Crippen molar-refractivity contribution in [2.24, 2.45) is 5.73 Å². The minimum Gasteiger partial charge on any atom is -0.370 e. The molecule has 3 rings (SSSR count).